The highest BCUT2D eigenvalue weighted by Gasteiger charge is 2.15. The van der Waals surface area contributed by atoms with E-state index in [-0.39, 0.29) is 6.04 Å². The van der Waals surface area contributed by atoms with Crippen LogP contribution in [-0.4, -0.2) is 32.1 Å². The largest absolute Gasteiger partial charge is 0.342 e. The van der Waals surface area contributed by atoms with Gasteiger partial charge >= 0.3 is 0 Å². The van der Waals surface area contributed by atoms with Crippen molar-refractivity contribution >= 4 is 22.8 Å². The number of aromatic amines is 1. The van der Waals surface area contributed by atoms with Crippen LogP contribution in [0.5, 0.6) is 0 Å². The predicted molar refractivity (Wildman–Crippen MR) is 83.1 cm³/mol. The predicted octanol–water partition coefficient (Wildman–Crippen LogP) is 2.29. The van der Waals surface area contributed by atoms with Crippen LogP contribution in [0.1, 0.15) is 30.0 Å². The standard InChI is InChI=1S/C14H17N5OS/c1-21-7-6-9(15)14-18-13(19-20-14)8-12-16-10-4-2-3-5-11(10)17-12/h2-5,9H,6-8,15H2,1H3,(H,16,17). The van der Waals surface area contributed by atoms with Crippen molar-refractivity contribution in [2.24, 2.45) is 5.73 Å². The summed E-state index contributed by atoms with van der Waals surface area (Å²) in [4.78, 5) is 12.1. The molecule has 7 heteroatoms. The number of nitrogens with two attached hydrogens (primary N) is 1. The number of nitrogens with zero attached hydrogens (tertiary/aromatic N) is 3. The lowest BCUT2D eigenvalue weighted by Crippen LogP contribution is -2.11. The summed E-state index contributed by atoms with van der Waals surface area (Å²) >= 11 is 1.75. The van der Waals surface area contributed by atoms with Crippen LogP contribution in [-0.2, 0) is 6.42 Å². The summed E-state index contributed by atoms with van der Waals surface area (Å²) in [6, 6.07) is 7.70. The molecule has 1 atom stereocenters. The zero-order valence-corrected chi connectivity index (χ0v) is 12.6. The maximum absolute atomic E-state index is 6.02. The molecule has 1 unspecified atom stereocenters. The van der Waals surface area contributed by atoms with E-state index in [1.165, 1.54) is 0 Å². The number of aromatic nitrogens is 4. The molecule has 0 aliphatic rings. The van der Waals surface area contributed by atoms with Crippen molar-refractivity contribution in [3.05, 3.63) is 41.8 Å². The Morgan fingerprint density at radius 1 is 1.33 bits per heavy atom. The van der Waals surface area contributed by atoms with Crippen molar-refractivity contribution in [2.75, 3.05) is 12.0 Å². The fourth-order valence-electron chi connectivity index (χ4n) is 2.10. The summed E-state index contributed by atoms with van der Waals surface area (Å²) in [6.45, 7) is 0. The SMILES string of the molecule is CSCCC(N)c1nc(Cc2nc3ccccc3[nH]2)no1. The van der Waals surface area contributed by atoms with E-state index in [1.807, 2.05) is 30.5 Å². The molecule has 110 valence electrons. The first kappa shape index (κ1) is 14.1. The van der Waals surface area contributed by atoms with Crippen LogP contribution in [0.2, 0.25) is 0 Å². The van der Waals surface area contributed by atoms with Gasteiger partial charge in [-0.05, 0) is 30.6 Å². The molecule has 1 aromatic carbocycles. The van der Waals surface area contributed by atoms with Crippen LogP contribution < -0.4 is 5.73 Å². The van der Waals surface area contributed by atoms with Crippen LogP contribution in [0.3, 0.4) is 0 Å². The Balaban J connectivity index is 1.71. The van der Waals surface area contributed by atoms with Gasteiger partial charge in [0.25, 0.3) is 0 Å². The van der Waals surface area contributed by atoms with Gasteiger partial charge in [0.05, 0.1) is 23.5 Å². The Morgan fingerprint density at radius 3 is 3.00 bits per heavy atom. The summed E-state index contributed by atoms with van der Waals surface area (Å²) in [5.74, 6) is 2.89. The molecule has 3 rings (SSSR count). The quantitative estimate of drug-likeness (QED) is 0.725. The van der Waals surface area contributed by atoms with Gasteiger partial charge in [0.1, 0.15) is 5.82 Å². The number of fused-ring (bicyclic) bond motifs is 1. The molecule has 0 bridgehead atoms. The second kappa shape index (κ2) is 6.28. The third-order valence-electron chi connectivity index (χ3n) is 3.20. The molecule has 0 aliphatic carbocycles. The van der Waals surface area contributed by atoms with E-state index in [2.05, 4.69) is 20.1 Å². The van der Waals surface area contributed by atoms with Gasteiger partial charge < -0.3 is 15.2 Å². The Bertz CT molecular complexity index is 690. The zero-order chi connectivity index (χ0) is 14.7. The average molecular weight is 303 g/mol. The van der Waals surface area contributed by atoms with Crippen LogP contribution >= 0.6 is 11.8 Å². The molecule has 0 saturated carbocycles. The lowest BCUT2D eigenvalue weighted by molar-refractivity contribution is 0.349. The number of imidazole rings is 1. The van der Waals surface area contributed by atoms with E-state index < -0.39 is 0 Å². The van der Waals surface area contributed by atoms with Crippen molar-refractivity contribution < 1.29 is 4.52 Å². The molecule has 0 aliphatic heterocycles. The molecule has 2 aromatic heterocycles. The topological polar surface area (TPSA) is 93.6 Å². The Kier molecular flexibility index (Phi) is 4.21. The van der Waals surface area contributed by atoms with Crippen LogP contribution in [0, 0.1) is 0 Å². The number of nitrogens with one attached hydrogen (secondary N) is 1. The van der Waals surface area contributed by atoms with Crippen molar-refractivity contribution in [3.63, 3.8) is 0 Å². The highest BCUT2D eigenvalue weighted by atomic mass is 32.2. The zero-order valence-electron chi connectivity index (χ0n) is 11.7. The Hall–Kier alpha value is -1.86. The smallest absolute Gasteiger partial charge is 0.243 e. The fourth-order valence-corrected chi connectivity index (χ4v) is 2.59. The van der Waals surface area contributed by atoms with Crippen molar-refractivity contribution in [1.82, 2.24) is 20.1 Å². The van der Waals surface area contributed by atoms with Gasteiger partial charge in [-0.25, -0.2) is 4.98 Å². The van der Waals surface area contributed by atoms with Gasteiger partial charge in [0.15, 0.2) is 5.82 Å². The normalized spacial score (nSPS) is 12.9. The van der Waals surface area contributed by atoms with Crippen LogP contribution in [0.4, 0.5) is 0 Å². The van der Waals surface area contributed by atoms with E-state index >= 15 is 0 Å². The second-order valence-corrected chi connectivity index (χ2v) is 5.80. The highest BCUT2D eigenvalue weighted by molar-refractivity contribution is 7.98. The third kappa shape index (κ3) is 3.25. The molecule has 2 heterocycles. The van der Waals surface area contributed by atoms with Gasteiger partial charge in [0.2, 0.25) is 5.89 Å². The van der Waals surface area contributed by atoms with Gasteiger partial charge in [-0.3, -0.25) is 0 Å². The first-order valence-electron chi connectivity index (χ1n) is 6.77. The maximum Gasteiger partial charge on any atom is 0.243 e. The number of benzene rings is 1. The minimum absolute atomic E-state index is 0.200. The molecule has 0 spiro atoms. The molecule has 3 aromatic rings. The number of hydrogen-bond acceptors (Lipinski definition) is 6. The number of thioether (sulfide) groups is 1. The third-order valence-corrected chi connectivity index (χ3v) is 3.84. The molecular formula is C14H17N5OS. The fraction of sp³-hybridized carbons (Fsp3) is 0.357. The van der Waals surface area contributed by atoms with Crippen molar-refractivity contribution in [1.29, 1.82) is 0 Å². The molecule has 0 radical (unpaired) electrons. The monoisotopic (exact) mass is 303 g/mol. The molecule has 21 heavy (non-hydrogen) atoms. The van der Waals surface area contributed by atoms with E-state index in [4.69, 9.17) is 10.3 Å². The van der Waals surface area contributed by atoms with Gasteiger partial charge in [-0.2, -0.15) is 16.7 Å². The first-order valence-corrected chi connectivity index (χ1v) is 8.16. The average Bonchev–Trinajstić information content (AvgIpc) is 3.11. The van der Waals surface area contributed by atoms with E-state index in [1.54, 1.807) is 11.8 Å². The van der Waals surface area contributed by atoms with Crippen molar-refractivity contribution in [2.45, 2.75) is 18.9 Å². The second-order valence-electron chi connectivity index (χ2n) is 4.81. The Morgan fingerprint density at radius 2 is 2.19 bits per heavy atom. The van der Waals surface area contributed by atoms with E-state index in [0.717, 1.165) is 29.0 Å². The molecule has 0 fully saturated rings. The minimum Gasteiger partial charge on any atom is -0.342 e. The molecule has 0 saturated heterocycles. The number of rotatable bonds is 6. The molecule has 0 amide bonds. The number of para-hydroxylation sites is 2. The first-order chi connectivity index (χ1) is 10.3. The summed E-state index contributed by atoms with van der Waals surface area (Å²) in [6.07, 6.45) is 3.38. The lowest BCUT2D eigenvalue weighted by Gasteiger charge is -2.03. The summed E-state index contributed by atoms with van der Waals surface area (Å²) < 4.78 is 5.23. The molecule has 6 nitrogen and oxygen atoms in total. The number of hydrogen-bond donors (Lipinski definition) is 2. The Labute approximate surface area is 126 Å². The molecular weight excluding hydrogens is 286 g/mol. The summed E-state index contributed by atoms with van der Waals surface area (Å²) in [7, 11) is 0. The summed E-state index contributed by atoms with van der Waals surface area (Å²) in [5.41, 5.74) is 7.96. The van der Waals surface area contributed by atoms with E-state index in [0.29, 0.717) is 18.1 Å². The van der Waals surface area contributed by atoms with Gasteiger partial charge in [0, 0.05) is 0 Å². The van der Waals surface area contributed by atoms with Crippen LogP contribution in [0.25, 0.3) is 11.0 Å². The minimum atomic E-state index is -0.200. The van der Waals surface area contributed by atoms with Crippen LogP contribution in [0.15, 0.2) is 28.8 Å². The van der Waals surface area contributed by atoms with E-state index in [9.17, 15) is 0 Å². The maximum atomic E-state index is 6.02. The van der Waals surface area contributed by atoms with Crippen molar-refractivity contribution in [3.8, 4) is 0 Å². The lowest BCUT2D eigenvalue weighted by atomic mass is 10.2. The van der Waals surface area contributed by atoms with Gasteiger partial charge in [-0.1, -0.05) is 17.3 Å². The van der Waals surface area contributed by atoms with Gasteiger partial charge in [-0.15, -0.1) is 0 Å². The highest BCUT2D eigenvalue weighted by Crippen LogP contribution is 2.16. The molecule has 3 N–H and O–H groups in total. The summed E-state index contributed by atoms with van der Waals surface area (Å²) in [5, 5.41) is 3.98. The number of H-pyrrole nitrogens is 1.